The second-order valence-electron chi connectivity index (χ2n) is 4.59. The lowest BCUT2D eigenvalue weighted by molar-refractivity contribution is 0.373. The van der Waals surface area contributed by atoms with E-state index in [2.05, 4.69) is 15.5 Å². The van der Waals surface area contributed by atoms with Crippen molar-refractivity contribution >= 4 is 6.01 Å². The van der Waals surface area contributed by atoms with E-state index in [1.807, 2.05) is 6.07 Å². The first kappa shape index (κ1) is 11.8. The van der Waals surface area contributed by atoms with Crippen LogP contribution in [-0.4, -0.2) is 22.4 Å². The van der Waals surface area contributed by atoms with Gasteiger partial charge in [-0.25, -0.2) is 0 Å². The van der Waals surface area contributed by atoms with Crippen molar-refractivity contribution in [2.75, 3.05) is 12.4 Å². The molecule has 1 saturated carbocycles. The minimum Gasteiger partial charge on any atom is -0.504 e. The molecule has 0 saturated heterocycles. The van der Waals surface area contributed by atoms with Crippen LogP contribution < -0.4 is 10.1 Å². The van der Waals surface area contributed by atoms with Gasteiger partial charge in [0.1, 0.15) is 0 Å². The van der Waals surface area contributed by atoms with Crippen molar-refractivity contribution in [1.82, 2.24) is 10.1 Å². The van der Waals surface area contributed by atoms with Crippen LogP contribution in [0.4, 0.5) is 6.01 Å². The molecular weight excluding hydrogens is 246 g/mol. The number of anilines is 1. The van der Waals surface area contributed by atoms with Gasteiger partial charge < -0.3 is 19.7 Å². The number of aromatic nitrogens is 2. The zero-order chi connectivity index (χ0) is 13.2. The van der Waals surface area contributed by atoms with E-state index >= 15 is 0 Å². The Bertz CT molecular complexity index is 578. The molecule has 0 radical (unpaired) electrons. The number of benzene rings is 1. The molecular formula is C13H15N3O3. The summed E-state index contributed by atoms with van der Waals surface area (Å²) in [6, 6.07) is 5.64. The molecule has 3 rings (SSSR count). The summed E-state index contributed by atoms with van der Waals surface area (Å²) in [5.41, 5.74) is 0.907. The van der Waals surface area contributed by atoms with E-state index < -0.39 is 0 Å². The third-order valence-corrected chi connectivity index (χ3v) is 3.07. The summed E-state index contributed by atoms with van der Waals surface area (Å²) < 4.78 is 10.1. The molecule has 1 heterocycles. The van der Waals surface area contributed by atoms with Crippen molar-refractivity contribution in [2.45, 2.75) is 25.3 Å². The van der Waals surface area contributed by atoms with Gasteiger partial charge in [-0.15, -0.1) is 0 Å². The molecule has 2 N–H and O–H groups in total. The summed E-state index contributed by atoms with van der Waals surface area (Å²) >= 11 is 0. The third kappa shape index (κ3) is 2.62. The fourth-order valence-corrected chi connectivity index (χ4v) is 1.84. The molecule has 19 heavy (non-hydrogen) atoms. The average Bonchev–Trinajstić information content (AvgIpc) is 3.16. The summed E-state index contributed by atoms with van der Waals surface area (Å²) in [6.45, 7) is 0.504. The number of phenols is 1. The van der Waals surface area contributed by atoms with Gasteiger partial charge in [-0.2, -0.15) is 4.98 Å². The lowest BCUT2D eigenvalue weighted by atomic mass is 10.2. The minimum absolute atomic E-state index is 0.117. The van der Waals surface area contributed by atoms with Crippen molar-refractivity contribution in [3.8, 4) is 11.5 Å². The van der Waals surface area contributed by atoms with E-state index in [1.54, 1.807) is 12.1 Å². The van der Waals surface area contributed by atoms with Crippen molar-refractivity contribution in [1.29, 1.82) is 0 Å². The van der Waals surface area contributed by atoms with E-state index in [1.165, 1.54) is 7.11 Å². The lowest BCUT2D eigenvalue weighted by Gasteiger charge is -2.06. The second kappa shape index (κ2) is 4.79. The summed E-state index contributed by atoms with van der Waals surface area (Å²) in [6.07, 6.45) is 2.29. The molecule has 0 aliphatic heterocycles. The highest BCUT2D eigenvalue weighted by atomic mass is 16.5. The van der Waals surface area contributed by atoms with Crippen LogP contribution in [-0.2, 0) is 6.54 Å². The van der Waals surface area contributed by atoms with Gasteiger partial charge in [0.25, 0.3) is 0 Å². The summed E-state index contributed by atoms with van der Waals surface area (Å²) in [5.74, 6) is 1.83. The maximum atomic E-state index is 9.67. The smallest absolute Gasteiger partial charge is 0.321 e. The summed E-state index contributed by atoms with van der Waals surface area (Å²) in [7, 11) is 1.52. The fraction of sp³-hybridized carbons (Fsp3) is 0.385. The Morgan fingerprint density at radius 3 is 3.00 bits per heavy atom. The highest BCUT2D eigenvalue weighted by molar-refractivity contribution is 5.42. The molecule has 1 fully saturated rings. The topological polar surface area (TPSA) is 80.4 Å². The van der Waals surface area contributed by atoms with Crippen molar-refractivity contribution in [3.05, 3.63) is 29.6 Å². The molecule has 1 aromatic heterocycles. The first-order valence-electron chi connectivity index (χ1n) is 6.19. The Kier molecular flexibility index (Phi) is 2.98. The van der Waals surface area contributed by atoms with E-state index in [0.717, 1.165) is 24.2 Å². The molecule has 1 aliphatic rings. The Hall–Kier alpha value is -2.24. The normalized spacial score (nSPS) is 14.4. The van der Waals surface area contributed by atoms with Gasteiger partial charge in [0.05, 0.1) is 7.11 Å². The highest BCUT2D eigenvalue weighted by Crippen LogP contribution is 2.38. The van der Waals surface area contributed by atoms with Crippen LogP contribution in [0.25, 0.3) is 0 Å². The number of methoxy groups -OCH3 is 1. The van der Waals surface area contributed by atoms with Crippen LogP contribution in [0.3, 0.4) is 0 Å². The number of hydrogen-bond acceptors (Lipinski definition) is 6. The van der Waals surface area contributed by atoms with E-state index in [4.69, 9.17) is 9.26 Å². The molecule has 1 aromatic carbocycles. The monoisotopic (exact) mass is 261 g/mol. The van der Waals surface area contributed by atoms with Gasteiger partial charge in [0.15, 0.2) is 17.3 Å². The van der Waals surface area contributed by atoms with Crippen LogP contribution in [0.1, 0.15) is 30.1 Å². The van der Waals surface area contributed by atoms with Gasteiger partial charge in [-0.3, -0.25) is 0 Å². The molecule has 2 aromatic rings. The standard InChI is InChI=1S/C13H15N3O3/c1-18-11-5-2-8(6-10(11)17)7-14-13-15-12(16-19-13)9-3-4-9/h2,5-6,9,17H,3-4,7H2,1H3,(H,14,15,16). The predicted molar refractivity (Wildman–Crippen MR) is 68.3 cm³/mol. The predicted octanol–water partition coefficient (Wildman–Crippen LogP) is 2.27. The zero-order valence-electron chi connectivity index (χ0n) is 10.6. The maximum Gasteiger partial charge on any atom is 0.321 e. The van der Waals surface area contributed by atoms with E-state index in [0.29, 0.717) is 24.2 Å². The SMILES string of the molecule is COc1ccc(CNc2nc(C3CC3)no2)cc1O. The molecule has 0 amide bonds. The van der Waals surface area contributed by atoms with Crippen LogP contribution in [0.2, 0.25) is 0 Å². The summed E-state index contributed by atoms with van der Waals surface area (Å²) in [4.78, 5) is 4.27. The number of ether oxygens (including phenoxy) is 1. The number of phenolic OH excluding ortho intramolecular Hbond substituents is 1. The molecule has 1 aliphatic carbocycles. The minimum atomic E-state index is 0.117. The van der Waals surface area contributed by atoms with Crippen molar-refractivity contribution < 1.29 is 14.4 Å². The number of hydrogen-bond donors (Lipinski definition) is 2. The third-order valence-electron chi connectivity index (χ3n) is 3.07. The van der Waals surface area contributed by atoms with Crippen molar-refractivity contribution in [2.24, 2.45) is 0 Å². The number of aromatic hydroxyl groups is 1. The fourth-order valence-electron chi connectivity index (χ4n) is 1.84. The highest BCUT2D eigenvalue weighted by Gasteiger charge is 2.28. The Morgan fingerprint density at radius 1 is 1.47 bits per heavy atom. The second-order valence-corrected chi connectivity index (χ2v) is 4.59. The number of nitrogens with zero attached hydrogens (tertiary/aromatic N) is 2. The molecule has 0 atom stereocenters. The molecule has 0 bridgehead atoms. The summed E-state index contributed by atoms with van der Waals surface area (Å²) in [5, 5.41) is 16.6. The van der Waals surface area contributed by atoms with Gasteiger partial charge >= 0.3 is 6.01 Å². The molecule has 6 heteroatoms. The molecule has 100 valence electrons. The average molecular weight is 261 g/mol. The number of rotatable bonds is 5. The molecule has 6 nitrogen and oxygen atoms in total. The Labute approximate surface area is 110 Å². The van der Waals surface area contributed by atoms with Crippen LogP contribution >= 0.6 is 0 Å². The van der Waals surface area contributed by atoms with Gasteiger partial charge in [0, 0.05) is 12.5 Å². The van der Waals surface area contributed by atoms with E-state index in [-0.39, 0.29) is 5.75 Å². The number of nitrogens with one attached hydrogen (secondary N) is 1. The largest absolute Gasteiger partial charge is 0.504 e. The quantitative estimate of drug-likeness (QED) is 0.859. The molecule has 0 spiro atoms. The van der Waals surface area contributed by atoms with Gasteiger partial charge in [0.2, 0.25) is 0 Å². The van der Waals surface area contributed by atoms with Gasteiger partial charge in [-0.1, -0.05) is 11.2 Å². The zero-order valence-corrected chi connectivity index (χ0v) is 10.6. The van der Waals surface area contributed by atoms with Crippen LogP contribution in [0.15, 0.2) is 22.7 Å². The van der Waals surface area contributed by atoms with Crippen molar-refractivity contribution in [3.63, 3.8) is 0 Å². The van der Waals surface area contributed by atoms with E-state index in [9.17, 15) is 5.11 Å². The first-order chi connectivity index (χ1) is 9.26. The lowest BCUT2D eigenvalue weighted by Crippen LogP contribution is -2.00. The Balaban J connectivity index is 1.62. The Morgan fingerprint density at radius 2 is 2.32 bits per heavy atom. The molecule has 0 unspecified atom stereocenters. The van der Waals surface area contributed by atoms with Crippen LogP contribution in [0, 0.1) is 0 Å². The first-order valence-corrected chi connectivity index (χ1v) is 6.19. The van der Waals surface area contributed by atoms with Crippen LogP contribution in [0.5, 0.6) is 11.5 Å². The van der Waals surface area contributed by atoms with Gasteiger partial charge in [-0.05, 0) is 30.5 Å². The maximum absolute atomic E-state index is 9.67.